The minimum absolute atomic E-state index is 0.104. The van der Waals surface area contributed by atoms with Crippen LogP contribution in [0.15, 0.2) is 71.9 Å². The van der Waals surface area contributed by atoms with Gasteiger partial charge in [0.1, 0.15) is 12.1 Å². The van der Waals surface area contributed by atoms with Gasteiger partial charge in [0.15, 0.2) is 0 Å². The summed E-state index contributed by atoms with van der Waals surface area (Å²) in [6, 6.07) is 14.8. The Morgan fingerprint density at radius 2 is 1.88 bits per heavy atom. The molecule has 0 saturated carbocycles. The molecule has 0 aliphatic carbocycles. The SMILES string of the molecule is CC(Nc1ncnc2c(C(=O)O)cccc12)c1cccc(NC(=O)c2ccc(=O)[nH]c2)c1. The lowest BCUT2D eigenvalue weighted by Crippen LogP contribution is -2.15. The van der Waals surface area contributed by atoms with E-state index in [1.54, 1.807) is 18.2 Å². The fourth-order valence-corrected chi connectivity index (χ4v) is 3.30. The van der Waals surface area contributed by atoms with Crippen LogP contribution in [0.1, 0.15) is 39.2 Å². The van der Waals surface area contributed by atoms with Gasteiger partial charge in [-0.2, -0.15) is 0 Å². The van der Waals surface area contributed by atoms with E-state index in [9.17, 15) is 19.5 Å². The van der Waals surface area contributed by atoms with Crippen LogP contribution in [0.25, 0.3) is 10.9 Å². The summed E-state index contributed by atoms with van der Waals surface area (Å²) in [4.78, 5) is 45.9. The first-order valence-electron chi connectivity index (χ1n) is 9.76. The maximum absolute atomic E-state index is 12.4. The highest BCUT2D eigenvalue weighted by Crippen LogP contribution is 2.27. The van der Waals surface area contributed by atoms with E-state index in [1.165, 1.54) is 30.7 Å². The number of hydrogen-bond donors (Lipinski definition) is 4. The highest BCUT2D eigenvalue weighted by molar-refractivity contribution is 6.05. The van der Waals surface area contributed by atoms with E-state index in [0.717, 1.165) is 5.56 Å². The average Bonchev–Trinajstić information content (AvgIpc) is 2.79. The summed E-state index contributed by atoms with van der Waals surface area (Å²) in [7, 11) is 0. The van der Waals surface area contributed by atoms with E-state index in [0.29, 0.717) is 28.0 Å². The minimum atomic E-state index is -1.06. The summed E-state index contributed by atoms with van der Waals surface area (Å²) >= 11 is 0. The molecule has 0 aliphatic rings. The Labute approximate surface area is 182 Å². The van der Waals surface area contributed by atoms with Gasteiger partial charge in [-0.3, -0.25) is 9.59 Å². The van der Waals surface area contributed by atoms with Crippen molar-refractivity contribution in [1.82, 2.24) is 15.0 Å². The van der Waals surface area contributed by atoms with E-state index in [2.05, 4.69) is 25.6 Å². The minimum Gasteiger partial charge on any atom is -0.478 e. The Hall–Kier alpha value is -4.53. The van der Waals surface area contributed by atoms with Gasteiger partial charge in [0.05, 0.1) is 22.7 Å². The first-order chi connectivity index (χ1) is 15.4. The summed E-state index contributed by atoms with van der Waals surface area (Å²) < 4.78 is 0. The third-order valence-electron chi connectivity index (χ3n) is 4.94. The lowest BCUT2D eigenvalue weighted by molar-refractivity contribution is 0.0698. The van der Waals surface area contributed by atoms with Gasteiger partial charge in [-0.25, -0.2) is 14.8 Å². The molecule has 0 radical (unpaired) electrons. The molecule has 1 amide bonds. The molecule has 160 valence electrons. The fraction of sp³-hybridized carbons (Fsp3) is 0.0870. The maximum atomic E-state index is 12.4. The zero-order chi connectivity index (χ0) is 22.7. The van der Waals surface area contributed by atoms with Gasteiger partial charge in [-0.05, 0) is 42.8 Å². The van der Waals surface area contributed by atoms with Crippen molar-refractivity contribution >= 4 is 34.3 Å². The van der Waals surface area contributed by atoms with Crippen LogP contribution in [0.4, 0.5) is 11.5 Å². The number of carbonyl (C=O) groups excluding carboxylic acids is 1. The van der Waals surface area contributed by atoms with Crippen molar-refractivity contribution in [3.8, 4) is 0 Å². The Kier molecular flexibility index (Phi) is 5.63. The third-order valence-corrected chi connectivity index (χ3v) is 4.94. The molecular weight excluding hydrogens is 410 g/mol. The second-order valence-corrected chi connectivity index (χ2v) is 7.12. The molecule has 2 aromatic carbocycles. The van der Waals surface area contributed by atoms with Crippen LogP contribution < -0.4 is 16.2 Å². The van der Waals surface area contributed by atoms with Crippen LogP contribution in [0.2, 0.25) is 0 Å². The lowest BCUT2D eigenvalue weighted by Gasteiger charge is -2.17. The van der Waals surface area contributed by atoms with Crippen LogP contribution in [-0.2, 0) is 0 Å². The number of carboxylic acid groups (broad SMARTS) is 1. The topological polar surface area (TPSA) is 137 Å². The smallest absolute Gasteiger partial charge is 0.337 e. The van der Waals surface area contributed by atoms with E-state index in [4.69, 9.17) is 0 Å². The van der Waals surface area contributed by atoms with Crippen LogP contribution >= 0.6 is 0 Å². The molecule has 9 heteroatoms. The molecule has 1 unspecified atom stereocenters. The quantitative estimate of drug-likeness (QED) is 0.368. The van der Waals surface area contributed by atoms with Gasteiger partial charge >= 0.3 is 5.97 Å². The molecule has 2 heterocycles. The number of anilines is 2. The Morgan fingerprint density at radius 3 is 2.62 bits per heavy atom. The van der Waals surface area contributed by atoms with Gasteiger partial charge in [0.25, 0.3) is 5.91 Å². The van der Waals surface area contributed by atoms with E-state index < -0.39 is 5.97 Å². The first-order valence-corrected chi connectivity index (χ1v) is 9.76. The maximum Gasteiger partial charge on any atom is 0.337 e. The van der Waals surface area contributed by atoms with Crippen LogP contribution in [0.5, 0.6) is 0 Å². The molecule has 0 aliphatic heterocycles. The van der Waals surface area contributed by atoms with E-state index in [1.807, 2.05) is 25.1 Å². The predicted molar refractivity (Wildman–Crippen MR) is 120 cm³/mol. The van der Waals surface area contributed by atoms with Crippen molar-refractivity contribution in [1.29, 1.82) is 0 Å². The number of nitrogens with one attached hydrogen (secondary N) is 3. The number of aromatic nitrogens is 3. The molecule has 4 rings (SSSR count). The average molecular weight is 429 g/mol. The summed E-state index contributed by atoms with van der Waals surface area (Å²) in [5.74, 6) is -0.894. The number of hydrogen-bond acceptors (Lipinski definition) is 6. The number of benzene rings is 2. The van der Waals surface area contributed by atoms with Crippen LogP contribution in [-0.4, -0.2) is 31.9 Å². The second-order valence-electron chi connectivity index (χ2n) is 7.12. The predicted octanol–water partition coefficient (Wildman–Crippen LogP) is 3.44. The highest BCUT2D eigenvalue weighted by Gasteiger charge is 2.15. The van der Waals surface area contributed by atoms with E-state index in [-0.39, 0.29) is 23.1 Å². The molecule has 1 atom stereocenters. The fourth-order valence-electron chi connectivity index (χ4n) is 3.30. The van der Waals surface area contributed by atoms with Crippen molar-refractivity contribution in [2.24, 2.45) is 0 Å². The number of nitrogens with zero attached hydrogens (tertiary/aromatic N) is 2. The van der Waals surface area contributed by atoms with Crippen LogP contribution in [0.3, 0.4) is 0 Å². The Bertz CT molecular complexity index is 1360. The first kappa shape index (κ1) is 20.7. The number of pyridine rings is 1. The molecule has 4 aromatic rings. The number of fused-ring (bicyclic) bond motifs is 1. The van der Waals surface area contributed by atoms with Gasteiger partial charge < -0.3 is 20.7 Å². The molecular formula is C23H19N5O4. The molecule has 9 nitrogen and oxygen atoms in total. The van der Waals surface area contributed by atoms with E-state index >= 15 is 0 Å². The molecule has 2 aromatic heterocycles. The lowest BCUT2D eigenvalue weighted by atomic mass is 10.1. The number of H-pyrrole nitrogens is 1. The van der Waals surface area contributed by atoms with Crippen molar-refractivity contribution in [2.45, 2.75) is 13.0 Å². The van der Waals surface area contributed by atoms with Gasteiger partial charge in [-0.15, -0.1) is 0 Å². The molecule has 0 fully saturated rings. The van der Waals surface area contributed by atoms with Crippen LogP contribution in [0, 0.1) is 0 Å². The summed E-state index contributed by atoms with van der Waals surface area (Å²) in [6.45, 7) is 1.93. The highest BCUT2D eigenvalue weighted by atomic mass is 16.4. The number of carboxylic acids is 1. The summed E-state index contributed by atoms with van der Waals surface area (Å²) in [5, 5.41) is 16.1. The molecule has 0 spiro atoms. The van der Waals surface area contributed by atoms with Gasteiger partial charge in [0, 0.05) is 23.3 Å². The largest absolute Gasteiger partial charge is 0.478 e. The third kappa shape index (κ3) is 4.31. The van der Waals surface area contributed by atoms with Crippen molar-refractivity contribution in [2.75, 3.05) is 10.6 Å². The van der Waals surface area contributed by atoms with Gasteiger partial charge in [-0.1, -0.05) is 18.2 Å². The normalized spacial score (nSPS) is 11.7. The van der Waals surface area contributed by atoms with Gasteiger partial charge in [0.2, 0.25) is 5.56 Å². The monoisotopic (exact) mass is 429 g/mol. The molecule has 32 heavy (non-hydrogen) atoms. The molecule has 0 saturated heterocycles. The molecule has 4 N–H and O–H groups in total. The molecule has 0 bridgehead atoms. The summed E-state index contributed by atoms with van der Waals surface area (Å²) in [5.41, 5.74) is 1.98. The zero-order valence-electron chi connectivity index (χ0n) is 17.0. The number of amides is 1. The number of aromatic amines is 1. The number of carbonyl (C=O) groups is 2. The van der Waals surface area contributed by atoms with Crippen molar-refractivity contribution < 1.29 is 14.7 Å². The number of para-hydroxylation sites is 1. The zero-order valence-corrected chi connectivity index (χ0v) is 17.0. The standard InChI is InChI=1S/C23H19N5O4/c1-13(27-21-17-6-3-7-18(23(31)32)20(17)25-12-26-21)14-4-2-5-16(10-14)28-22(30)15-8-9-19(29)24-11-15/h2-13H,1H3,(H,24,29)(H,28,30)(H,31,32)(H,25,26,27). The number of aromatic carboxylic acids is 1. The van der Waals surface area contributed by atoms with Crippen molar-refractivity contribution in [3.63, 3.8) is 0 Å². The van der Waals surface area contributed by atoms with Crippen molar-refractivity contribution in [3.05, 3.63) is 94.2 Å². The second kappa shape index (κ2) is 8.68. The Morgan fingerprint density at radius 1 is 1.06 bits per heavy atom. The summed E-state index contributed by atoms with van der Waals surface area (Å²) in [6.07, 6.45) is 2.68. The Balaban J connectivity index is 1.56. The number of rotatable bonds is 6.